The van der Waals surface area contributed by atoms with Crippen molar-refractivity contribution in [1.29, 1.82) is 0 Å². The topological polar surface area (TPSA) is 55.5 Å². The van der Waals surface area contributed by atoms with Gasteiger partial charge >= 0.3 is 0 Å². The van der Waals surface area contributed by atoms with Crippen molar-refractivity contribution in [3.63, 3.8) is 0 Å². The number of aromatic hydroxyl groups is 1. The Hall–Kier alpha value is -1.87. The van der Waals surface area contributed by atoms with Gasteiger partial charge in [0.05, 0.1) is 5.69 Å². The van der Waals surface area contributed by atoms with Gasteiger partial charge in [-0.3, -0.25) is 0 Å². The van der Waals surface area contributed by atoms with Gasteiger partial charge in [0, 0.05) is 11.1 Å². The lowest BCUT2D eigenvalue weighted by molar-refractivity contribution is 0.457. The van der Waals surface area contributed by atoms with Gasteiger partial charge in [0.2, 0.25) is 0 Å². The third kappa shape index (κ3) is 2.38. The fourth-order valence-corrected chi connectivity index (χ4v) is 1.35. The third-order valence-corrected chi connectivity index (χ3v) is 2.30. The Morgan fingerprint density at radius 3 is 2.25 bits per heavy atom. The van der Waals surface area contributed by atoms with Crippen molar-refractivity contribution in [2.45, 2.75) is 0 Å². The molecule has 4 heteroatoms. The van der Waals surface area contributed by atoms with Crippen molar-refractivity contribution in [2.24, 2.45) is 0 Å². The quantitative estimate of drug-likeness (QED) is 0.619. The normalized spacial score (nSPS) is 10.1. The summed E-state index contributed by atoms with van der Waals surface area (Å²) >= 11 is 5.75. The Balaban J connectivity index is 2.20. The molecule has 0 saturated carbocycles. The van der Waals surface area contributed by atoms with Crippen molar-refractivity contribution in [2.75, 3.05) is 5.73 Å². The molecular formula is C12H10ClNO2. The van der Waals surface area contributed by atoms with Gasteiger partial charge in [-0.2, -0.15) is 0 Å². The predicted octanol–water partition coefficient (Wildman–Crippen LogP) is 3.42. The minimum Gasteiger partial charge on any atom is -0.506 e. The van der Waals surface area contributed by atoms with Gasteiger partial charge < -0.3 is 15.6 Å². The number of nitrogen functional groups attached to an aromatic ring is 1. The van der Waals surface area contributed by atoms with E-state index < -0.39 is 0 Å². The van der Waals surface area contributed by atoms with Crippen LogP contribution in [0.15, 0.2) is 42.5 Å². The van der Waals surface area contributed by atoms with Crippen molar-refractivity contribution in [3.8, 4) is 17.2 Å². The number of benzene rings is 2. The second kappa shape index (κ2) is 4.33. The van der Waals surface area contributed by atoms with Gasteiger partial charge in [-0.05, 0) is 36.4 Å². The van der Waals surface area contributed by atoms with Crippen LogP contribution in [-0.4, -0.2) is 5.11 Å². The first-order valence-electron chi connectivity index (χ1n) is 4.67. The summed E-state index contributed by atoms with van der Waals surface area (Å²) in [6, 6.07) is 11.7. The molecule has 3 N–H and O–H groups in total. The molecule has 0 bridgehead atoms. The van der Waals surface area contributed by atoms with Gasteiger partial charge in [-0.25, -0.2) is 0 Å². The smallest absolute Gasteiger partial charge is 0.142 e. The molecule has 0 amide bonds. The number of phenolic OH excluding ortho intramolecular Hbond substituents is 1. The molecule has 0 heterocycles. The van der Waals surface area contributed by atoms with E-state index in [4.69, 9.17) is 22.1 Å². The van der Waals surface area contributed by atoms with E-state index >= 15 is 0 Å². The second-order valence-corrected chi connectivity index (χ2v) is 3.71. The van der Waals surface area contributed by atoms with Gasteiger partial charge in [0.25, 0.3) is 0 Å². The molecule has 0 aliphatic rings. The number of halogens is 1. The molecule has 3 nitrogen and oxygen atoms in total. The van der Waals surface area contributed by atoms with E-state index in [9.17, 15) is 5.11 Å². The van der Waals surface area contributed by atoms with Crippen LogP contribution < -0.4 is 10.5 Å². The predicted molar refractivity (Wildman–Crippen MR) is 64.0 cm³/mol. The van der Waals surface area contributed by atoms with E-state index in [2.05, 4.69) is 0 Å². The molecule has 0 saturated heterocycles. The Morgan fingerprint density at radius 2 is 1.62 bits per heavy atom. The molecule has 16 heavy (non-hydrogen) atoms. The summed E-state index contributed by atoms with van der Waals surface area (Å²) in [5.41, 5.74) is 5.80. The van der Waals surface area contributed by atoms with Crippen molar-refractivity contribution < 1.29 is 9.84 Å². The SMILES string of the molecule is Nc1ccc(Oc2ccc(Cl)cc2)cc1O. The molecule has 2 rings (SSSR count). The fourth-order valence-electron chi connectivity index (χ4n) is 1.23. The highest BCUT2D eigenvalue weighted by molar-refractivity contribution is 6.30. The van der Waals surface area contributed by atoms with Crippen LogP contribution >= 0.6 is 11.6 Å². The number of ether oxygens (including phenoxy) is 1. The van der Waals surface area contributed by atoms with Gasteiger partial charge in [0.15, 0.2) is 0 Å². The zero-order chi connectivity index (χ0) is 11.5. The highest BCUT2D eigenvalue weighted by atomic mass is 35.5. The molecule has 82 valence electrons. The van der Waals surface area contributed by atoms with Gasteiger partial charge in [-0.15, -0.1) is 0 Å². The zero-order valence-corrected chi connectivity index (χ0v) is 9.11. The van der Waals surface area contributed by atoms with E-state index in [-0.39, 0.29) is 5.75 Å². The molecule has 0 unspecified atom stereocenters. The molecule has 0 spiro atoms. The maximum atomic E-state index is 9.40. The first-order valence-corrected chi connectivity index (χ1v) is 5.05. The van der Waals surface area contributed by atoms with E-state index in [1.165, 1.54) is 6.07 Å². The number of hydrogen-bond acceptors (Lipinski definition) is 3. The van der Waals surface area contributed by atoms with Gasteiger partial charge in [0.1, 0.15) is 17.2 Å². The number of hydrogen-bond donors (Lipinski definition) is 2. The summed E-state index contributed by atoms with van der Waals surface area (Å²) in [5.74, 6) is 1.18. The molecule has 0 aliphatic carbocycles. The minimum atomic E-state index is 0.00598. The number of phenols is 1. The average Bonchev–Trinajstić information content (AvgIpc) is 2.27. The largest absolute Gasteiger partial charge is 0.506 e. The standard InChI is InChI=1S/C12H10ClNO2/c13-8-1-3-9(4-2-8)16-10-5-6-11(14)12(15)7-10/h1-7,15H,14H2. The Kier molecular flexibility index (Phi) is 2.88. The summed E-state index contributed by atoms with van der Waals surface area (Å²) in [5, 5.41) is 10.0. The number of anilines is 1. The van der Waals surface area contributed by atoms with Crippen LogP contribution in [0.25, 0.3) is 0 Å². The summed E-state index contributed by atoms with van der Waals surface area (Å²) in [4.78, 5) is 0. The van der Waals surface area contributed by atoms with Crippen molar-refractivity contribution in [1.82, 2.24) is 0 Å². The lowest BCUT2D eigenvalue weighted by Gasteiger charge is -2.06. The van der Waals surface area contributed by atoms with Crippen LogP contribution in [-0.2, 0) is 0 Å². The lowest BCUT2D eigenvalue weighted by Crippen LogP contribution is -1.87. The molecular weight excluding hydrogens is 226 g/mol. The highest BCUT2D eigenvalue weighted by Crippen LogP contribution is 2.29. The summed E-state index contributed by atoms with van der Waals surface area (Å²) in [6.07, 6.45) is 0. The molecule has 2 aromatic rings. The molecule has 0 fully saturated rings. The van der Waals surface area contributed by atoms with Crippen molar-refractivity contribution in [3.05, 3.63) is 47.5 Å². The second-order valence-electron chi connectivity index (χ2n) is 3.28. The Bertz CT molecular complexity index is 497. The first kappa shape index (κ1) is 10.6. The molecule has 0 aliphatic heterocycles. The van der Waals surface area contributed by atoms with E-state index in [1.54, 1.807) is 36.4 Å². The molecule has 0 atom stereocenters. The number of rotatable bonds is 2. The average molecular weight is 236 g/mol. The van der Waals surface area contributed by atoms with E-state index in [1.807, 2.05) is 0 Å². The highest BCUT2D eigenvalue weighted by Gasteiger charge is 2.01. The lowest BCUT2D eigenvalue weighted by atomic mass is 10.3. The third-order valence-electron chi connectivity index (χ3n) is 2.05. The molecule has 0 aromatic heterocycles. The van der Waals surface area contributed by atoms with Crippen LogP contribution in [0.3, 0.4) is 0 Å². The maximum Gasteiger partial charge on any atom is 0.142 e. The Morgan fingerprint density at radius 1 is 1.00 bits per heavy atom. The van der Waals surface area contributed by atoms with Crippen LogP contribution in [0.1, 0.15) is 0 Å². The molecule has 2 aromatic carbocycles. The van der Waals surface area contributed by atoms with Crippen LogP contribution in [0.4, 0.5) is 5.69 Å². The maximum absolute atomic E-state index is 9.40. The Labute approximate surface area is 98.0 Å². The van der Waals surface area contributed by atoms with Crippen LogP contribution in [0.2, 0.25) is 5.02 Å². The summed E-state index contributed by atoms with van der Waals surface area (Å²) < 4.78 is 5.49. The van der Waals surface area contributed by atoms with Crippen molar-refractivity contribution >= 4 is 17.3 Å². The van der Waals surface area contributed by atoms with Crippen LogP contribution in [0.5, 0.6) is 17.2 Å². The number of nitrogens with two attached hydrogens (primary N) is 1. The minimum absolute atomic E-state index is 0.00598. The van der Waals surface area contributed by atoms with E-state index in [0.29, 0.717) is 22.2 Å². The van der Waals surface area contributed by atoms with E-state index in [0.717, 1.165) is 0 Å². The first-order chi connectivity index (χ1) is 7.65. The summed E-state index contributed by atoms with van der Waals surface area (Å²) in [6.45, 7) is 0. The van der Waals surface area contributed by atoms with Crippen LogP contribution in [0, 0.1) is 0 Å². The van der Waals surface area contributed by atoms with Gasteiger partial charge in [-0.1, -0.05) is 11.6 Å². The zero-order valence-electron chi connectivity index (χ0n) is 8.35. The molecule has 0 radical (unpaired) electrons. The fraction of sp³-hybridized carbons (Fsp3) is 0. The monoisotopic (exact) mass is 235 g/mol. The summed E-state index contributed by atoms with van der Waals surface area (Å²) in [7, 11) is 0.